The van der Waals surface area contributed by atoms with E-state index in [9.17, 15) is 0 Å². The molecule has 3 rings (SSSR count). The fourth-order valence-electron chi connectivity index (χ4n) is 2.07. The topological polar surface area (TPSA) is 9.23 Å². The van der Waals surface area contributed by atoms with Crippen LogP contribution < -0.4 is 4.74 Å². The summed E-state index contributed by atoms with van der Waals surface area (Å²) < 4.78 is 6.78. The minimum absolute atomic E-state index is 0.856. The molecule has 15 heavy (non-hydrogen) atoms. The maximum atomic E-state index is 5.65. The smallest absolute Gasteiger partial charge is 0.123 e. The lowest BCUT2D eigenvalue weighted by atomic mass is 10.0. The van der Waals surface area contributed by atoms with Crippen LogP contribution >= 0.6 is 15.9 Å². The Morgan fingerprint density at radius 1 is 1.07 bits per heavy atom. The Hall–Kier alpha value is -1.02. The van der Waals surface area contributed by atoms with Crippen molar-refractivity contribution in [1.82, 2.24) is 0 Å². The summed E-state index contributed by atoms with van der Waals surface area (Å²) in [5, 5.41) is 2.53. The molecule has 0 bridgehead atoms. The van der Waals surface area contributed by atoms with Gasteiger partial charge in [-0.2, -0.15) is 0 Å². The van der Waals surface area contributed by atoms with Gasteiger partial charge in [0.2, 0.25) is 0 Å². The van der Waals surface area contributed by atoms with Crippen molar-refractivity contribution in [2.24, 2.45) is 0 Å². The van der Waals surface area contributed by atoms with Gasteiger partial charge in [0, 0.05) is 4.47 Å². The molecule has 1 aliphatic heterocycles. The van der Waals surface area contributed by atoms with Crippen LogP contribution in [0.4, 0.5) is 0 Å². The first-order valence-electron chi connectivity index (χ1n) is 5.18. The van der Waals surface area contributed by atoms with Crippen LogP contribution in [-0.4, -0.2) is 6.61 Å². The average Bonchev–Trinajstić information content (AvgIpc) is 2.26. The summed E-state index contributed by atoms with van der Waals surface area (Å²) in [6.45, 7) is 0.856. The molecule has 76 valence electrons. The van der Waals surface area contributed by atoms with E-state index < -0.39 is 0 Å². The first-order chi connectivity index (χ1) is 7.33. The first-order valence-corrected chi connectivity index (χ1v) is 5.97. The van der Waals surface area contributed by atoms with Crippen molar-refractivity contribution in [2.45, 2.75) is 12.8 Å². The van der Waals surface area contributed by atoms with Crippen molar-refractivity contribution >= 4 is 26.7 Å². The molecule has 0 spiro atoms. The van der Waals surface area contributed by atoms with E-state index in [1.807, 2.05) is 0 Å². The van der Waals surface area contributed by atoms with Crippen LogP contribution in [0.5, 0.6) is 5.75 Å². The van der Waals surface area contributed by atoms with Crippen molar-refractivity contribution < 1.29 is 4.74 Å². The van der Waals surface area contributed by atoms with Crippen LogP contribution in [0.15, 0.2) is 34.8 Å². The number of benzene rings is 2. The van der Waals surface area contributed by atoms with E-state index in [0.717, 1.165) is 29.7 Å². The second-order valence-corrected chi connectivity index (χ2v) is 4.82. The fraction of sp³-hybridized carbons (Fsp3) is 0.231. The monoisotopic (exact) mass is 262 g/mol. The van der Waals surface area contributed by atoms with Gasteiger partial charge in [0.1, 0.15) is 5.75 Å². The Bertz CT molecular complexity index is 519. The van der Waals surface area contributed by atoms with Crippen LogP contribution in [0.25, 0.3) is 10.8 Å². The number of rotatable bonds is 0. The SMILES string of the molecule is Brc1ccc2cc3c(cc2c1)CCCO3. The van der Waals surface area contributed by atoms with Crippen molar-refractivity contribution in [1.29, 1.82) is 0 Å². The first kappa shape index (κ1) is 9.22. The quantitative estimate of drug-likeness (QED) is 0.699. The molecular formula is C13H11BrO. The van der Waals surface area contributed by atoms with Gasteiger partial charge >= 0.3 is 0 Å². The third kappa shape index (κ3) is 1.63. The molecule has 0 amide bonds. The highest BCUT2D eigenvalue weighted by atomic mass is 79.9. The summed E-state index contributed by atoms with van der Waals surface area (Å²) in [6.07, 6.45) is 2.27. The van der Waals surface area contributed by atoms with Gasteiger partial charge in [0.15, 0.2) is 0 Å². The molecule has 0 aromatic heterocycles. The molecule has 1 heterocycles. The predicted octanol–water partition coefficient (Wildman–Crippen LogP) is 3.93. The normalized spacial score (nSPS) is 14.7. The number of hydrogen-bond acceptors (Lipinski definition) is 1. The molecule has 0 aliphatic carbocycles. The molecule has 0 fully saturated rings. The standard InChI is InChI=1S/C13H11BrO/c14-12-4-3-9-8-13-10(2-1-5-15-13)6-11(9)7-12/h3-4,6-8H,1-2,5H2. The molecule has 2 aromatic rings. The van der Waals surface area contributed by atoms with Crippen LogP contribution in [0.2, 0.25) is 0 Å². The van der Waals surface area contributed by atoms with Gasteiger partial charge in [-0.15, -0.1) is 0 Å². The zero-order chi connectivity index (χ0) is 10.3. The highest BCUT2D eigenvalue weighted by Crippen LogP contribution is 2.31. The molecule has 0 saturated carbocycles. The van der Waals surface area contributed by atoms with E-state index in [1.54, 1.807) is 0 Å². The summed E-state index contributed by atoms with van der Waals surface area (Å²) in [5.41, 5.74) is 1.34. The molecule has 0 N–H and O–H groups in total. The molecule has 0 radical (unpaired) electrons. The minimum Gasteiger partial charge on any atom is -0.493 e. The maximum Gasteiger partial charge on any atom is 0.123 e. The van der Waals surface area contributed by atoms with E-state index in [1.165, 1.54) is 16.3 Å². The van der Waals surface area contributed by atoms with Gasteiger partial charge in [0.25, 0.3) is 0 Å². The third-order valence-electron chi connectivity index (χ3n) is 2.83. The van der Waals surface area contributed by atoms with E-state index in [2.05, 4.69) is 46.3 Å². The van der Waals surface area contributed by atoms with Gasteiger partial charge < -0.3 is 4.74 Å². The fourth-order valence-corrected chi connectivity index (χ4v) is 2.45. The third-order valence-corrected chi connectivity index (χ3v) is 3.32. The largest absolute Gasteiger partial charge is 0.493 e. The Kier molecular flexibility index (Phi) is 2.17. The summed E-state index contributed by atoms with van der Waals surface area (Å²) in [7, 11) is 0. The van der Waals surface area contributed by atoms with Crippen LogP contribution in [-0.2, 0) is 6.42 Å². The number of fused-ring (bicyclic) bond motifs is 2. The molecule has 2 aromatic carbocycles. The van der Waals surface area contributed by atoms with E-state index in [0.29, 0.717) is 0 Å². The maximum absolute atomic E-state index is 5.65. The summed E-state index contributed by atoms with van der Waals surface area (Å²) >= 11 is 3.50. The molecular weight excluding hydrogens is 252 g/mol. The van der Waals surface area contributed by atoms with Crippen LogP contribution in [0.3, 0.4) is 0 Å². The van der Waals surface area contributed by atoms with Crippen molar-refractivity contribution in [3.8, 4) is 5.75 Å². The molecule has 1 aliphatic rings. The predicted molar refractivity (Wildman–Crippen MR) is 65.5 cm³/mol. The lowest BCUT2D eigenvalue weighted by Gasteiger charge is -2.17. The molecule has 0 unspecified atom stereocenters. The molecule has 2 heteroatoms. The molecule has 0 saturated heterocycles. The summed E-state index contributed by atoms with van der Waals surface area (Å²) in [5.74, 6) is 1.07. The van der Waals surface area contributed by atoms with Crippen molar-refractivity contribution in [2.75, 3.05) is 6.61 Å². The van der Waals surface area contributed by atoms with Crippen LogP contribution in [0.1, 0.15) is 12.0 Å². The second kappa shape index (κ2) is 3.53. The van der Waals surface area contributed by atoms with Gasteiger partial charge in [-0.05, 0) is 53.4 Å². The van der Waals surface area contributed by atoms with Gasteiger partial charge in [0.05, 0.1) is 6.61 Å². The zero-order valence-electron chi connectivity index (χ0n) is 8.29. The van der Waals surface area contributed by atoms with Crippen molar-refractivity contribution in [3.05, 3.63) is 40.4 Å². The Labute approximate surface area is 97.2 Å². The Morgan fingerprint density at radius 3 is 2.93 bits per heavy atom. The number of halogens is 1. The number of hydrogen-bond donors (Lipinski definition) is 0. The summed E-state index contributed by atoms with van der Waals surface area (Å²) in [4.78, 5) is 0. The number of ether oxygens (including phenoxy) is 1. The Balaban J connectivity index is 2.26. The lowest BCUT2D eigenvalue weighted by Crippen LogP contribution is -2.07. The van der Waals surface area contributed by atoms with E-state index in [-0.39, 0.29) is 0 Å². The number of aryl methyl sites for hydroxylation is 1. The van der Waals surface area contributed by atoms with Crippen molar-refractivity contribution in [3.63, 3.8) is 0 Å². The van der Waals surface area contributed by atoms with Gasteiger partial charge in [-0.1, -0.05) is 22.0 Å². The second-order valence-electron chi connectivity index (χ2n) is 3.90. The summed E-state index contributed by atoms with van der Waals surface area (Å²) in [6, 6.07) is 10.7. The lowest BCUT2D eigenvalue weighted by molar-refractivity contribution is 0.289. The Morgan fingerprint density at radius 2 is 2.00 bits per heavy atom. The van der Waals surface area contributed by atoms with Gasteiger partial charge in [-0.25, -0.2) is 0 Å². The van der Waals surface area contributed by atoms with E-state index in [4.69, 9.17) is 4.74 Å². The minimum atomic E-state index is 0.856. The van der Waals surface area contributed by atoms with Crippen LogP contribution in [0, 0.1) is 0 Å². The highest BCUT2D eigenvalue weighted by molar-refractivity contribution is 9.10. The molecule has 0 atom stereocenters. The highest BCUT2D eigenvalue weighted by Gasteiger charge is 2.10. The van der Waals surface area contributed by atoms with Gasteiger partial charge in [-0.3, -0.25) is 0 Å². The average molecular weight is 263 g/mol. The zero-order valence-corrected chi connectivity index (χ0v) is 9.88. The molecule has 1 nitrogen and oxygen atoms in total. The van der Waals surface area contributed by atoms with E-state index >= 15 is 0 Å².